The summed E-state index contributed by atoms with van der Waals surface area (Å²) in [6.45, 7) is 0. The first-order valence-corrected chi connectivity index (χ1v) is 5.90. The zero-order chi connectivity index (χ0) is 12.3. The molecule has 4 nitrogen and oxygen atoms in total. The summed E-state index contributed by atoms with van der Waals surface area (Å²) in [5.74, 6) is -0.258. The molecule has 0 radical (unpaired) electrons. The third-order valence-corrected chi connectivity index (χ3v) is 3.13. The van der Waals surface area contributed by atoms with E-state index in [1.807, 2.05) is 24.3 Å². The lowest BCUT2D eigenvalue weighted by molar-refractivity contribution is -0.139. The number of methoxy groups -OCH3 is 1. The van der Waals surface area contributed by atoms with E-state index in [1.54, 1.807) is 6.08 Å². The Kier molecular flexibility index (Phi) is 3.39. The Hall–Kier alpha value is -1.88. The molecule has 2 N–H and O–H groups in total. The first kappa shape index (κ1) is 11.6. The van der Waals surface area contributed by atoms with E-state index in [0.717, 1.165) is 15.8 Å². The summed E-state index contributed by atoms with van der Waals surface area (Å²) in [6.07, 6.45) is 3.88. The Morgan fingerprint density at radius 3 is 3.18 bits per heavy atom. The number of carbonyl (C=O) groups excluding carboxylic acids is 1. The van der Waals surface area contributed by atoms with Crippen LogP contribution in [-0.2, 0) is 9.53 Å². The highest BCUT2D eigenvalue weighted by molar-refractivity contribution is 7.22. The average molecular weight is 248 g/mol. The molecule has 0 unspecified atom stereocenters. The molecule has 1 aromatic carbocycles. The van der Waals surface area contributed by atoms with Gasteiger partial charge in [0.25, 0.3) is 0 Å². The highest BCUT2D eigenvalue weighted by Gasteiger charge is 2.03. The number of para-hydroxylation sites is 1. The number of nitrogens with two attached hydrogens (primary N) is 1. The van der Waals surface area contributed by atoms with Crippen molar-refractivity contribution in [1.82, 2.24) is 4.98 Å². The summed E-state index contributed by atoms with van der Waals surface area (Å²) >= 11 is 1.45. The standard InChI is InChI=1S/C12H12N2O2S/c1-16-10(15)7-3-5-8-4-2-6-9-11(8)14-12(13)17-9/h2-6H,7H2,1H3,(H2,13,14). The molecule has 0 spiro atoms. The Bertz CT molecular complexity index is 575. The van der Waals surface area contributed by atoms with Crippen molar-refractivity contribution in [3.05, 3.63) is 29.8 Å². The van der Waals surface area contributed by atoms with Crippen LogP contribution in [0.25, 0.3) is 16.3 Å². The number of hydrogen-bond acceptors (Lipinski definition) is 5. The predicted octanol–water partition coefficient (Wildman–Crippen LogP) is 2.45. The number of fused-ring (bicyclic) bond motifs is 1. The van der Waals surface area contributed by atoms with Crippen molar-refractivity contribution >= 4 is 38.7 Å². The van der Waals surface area contributed by atoms with Crippen LogP contribution in [0.4, 0.5) is 5.13 Å². The van der Waals surface area contributed by atoms with Gasteiger partial charge in [-0.2, -0.15) is 0 Å². The summed E-state index contributed by atoms with van der Waals surface area (Å²) in [5, 5.41) is 0.550. The van der Waals surface area contributed by atoms with Crippen molar-refractivity contribution in [1.29, 1.82) is 0 Å². The van der Waals surface area contributed by atoms with E-state index in [0.29, 0.717) is 5.13 Å². The second kappa shape index (κ2) is 4.97. The quantitative estimate of drug-likeness (QED) is 0.847. The van der Waals surface area contributed by atoms with Crippen molar-refractivity contribution in [3.8, 4) is 0 Å². The molecule has 5 heteroatoms. The molecule has 17 heavy (non-hydrogen) atoms. The van der Waals surface area contributed by atoms with E-state index in [2.05, 4.69) is 9.72 Å². The van der Waals surface area contributed by atoms with Gasteiger partial charge in [-0.05, 0) is 6.07 Å². The van der Waals surface area contributed by atoms with Gasteiger partial charge in [0, 0.05) is 5.56 Å². The molecular weight excluding hydrogens is 236 g/mol. The van der Waals surface area contributed by atoms with Gasteiger partial charge >= 0.3 is 5.97 Å². The summed E-state index contributed by atoms with van der Waals surface area (Å²) in [6, 6.07) is 5.86. The number of anilines is 1. The van der Waals surface area contributed by atoms with Crippen molar-refractivity contribution < 1.29 is 9.53 Å². The van der Waals surface area contributed by atoms with Crippen LogP contribution in [0, 0.1) is 0 Å². The number of thiazole rings is 1. The zero-order valence-electron chi connectivity index (χ0n) is 9.34. The van der Waals surface area contributed by atoms with Crippen LogP contribution in [0.5, 0.6) is 0 Å². The minimum atomic E-state index is -0.258. The molecule has 88 valence electrons. The van der Waals surface area contributed by atoms with Gasteiger partial charge in [-0.15, -0.1) is 0 Å². The van der Waals surface area contributed by atoms with Gasteiger partial charge in [0.15, 0.2) is 5.13 Å². The van der Waals surface area contributed by atoms with Gasteiger partial charge in [0.1, 0.15) is 0 Å². The molecule has 1 aromatic heterocycles. The Balaban J connectivity index is 2.26. The van der Waals surface area contributed by atoms with Gasteiger partial charge in [-0.25, -0.2) is 4.98 Å². The van der Waals surface area contributed by atoms with Crippen LogP contribution in [-0.4, -0.2) is 18.1 Å². The molecule has 2 aromatic rings. The van der Waals surface area contributed by atoms with E-state index in [-0.39, 0.29) is 12.4 Å². The lowest BCUT2D eigenvalue weighted by Gasteiger charge is -1.95. The summed E-state index contributed by atoms with van der Waals surface area (Å²) < 4.78 is 5.60. The highest BCUT2D eigenvalue weighted by atomic mass is 32.1. The molecule has 1 heterocycles. The lowest BCUT2D eigenvalue weighted by atomic mass is 10.2. The largest absolute Gasteiger partial charge is 0.469 e. The van der Waals surface area contributed by atoms with Crippen LogP contribution >= 0.6 is 11.3 Å². The molecular formula is C12H12N2O2S. The molecule has 0 aliphatic carbocycles. The first-order valence-electron chi connectivity index (χ1n) is 5.09. The first-order chi connectivity index (χ1) is 8.20. The van der Waals surface area contributed by atoms with Crippen LogP contribution in [0.3, 0.4) is 0 Å². The summed E-state index contributed by atoms with van der Waals surface area (Å²) in [4.78, 5) is 15.2. The van der Waals surface area contributed by atoms with Gasteiger partial charge < -0.3 is 10.5 Å². The molecule has 0 saturated heterocycles. The maximum atomic E-state index is 11.0. The molecule has 0 saturated carbocycles. The van der Waals surface area contributed by atoms with Crippen molar-refractivity contribution in [2.75, 3.05) is 12.8 Å². The zero-order valence-corrected chi connectivity index (χ0v) is 10.2. The second-order valence-electron chi connectivity index (χ2n) is 3.43. The third kappa shape index (κ3) is 2.62. The van der Waals surface area contributed by atoms with E-state index in [9.17, 15) is 4.79 Å². The lowest BCUT2D eigenvalue weighted by Crippen LogP contribution is -1.96. The number of carbonyl (C=O) groups is 1. The van der Waals surface area contributed by atoms with Gasteiger partial charge in [-0.1, -0.05) is 35.6 Å². The SMILES string of the molecule is COC(=O)CC=Cc1cccc2sc(N)nc12. The molecule has 0 aliphatic rings. The number of nitrogen functional groups attached to an aromatic ring is 1. The van der Waals surface area contributed by atoms with E-state index in [4.69, 9.17) is 5.73 Å². The Morgan fingerprint density at radius 2 is 2.41 bits per heavy atom. The number of aromatic nitrogens is 1. The summed E-state index contributed by atoms with van der Waals surface area (Å²) in [5.41, 5.74) is 7.50. The van der Waals surface area contributed by atoms with Gasteiger partial charge in [0.2, 0.25) is 0 Å². The van der Waals surface area contributed by atoms with Crippen LogP contribution in [0.1, 0.15) is 12.0 Å². The fraction of sp³-hybridized carbons (Fsp3) is 0.167. The Labute approximate surface area is 103 Å². The number of ether oxygens (including phenoxy) is 1. The van der Waals surface area contributed by atoms with Crippen molar-refractivity contribution in [3.63, 3.8) is 0 Å². The van der Waals surface area contributed by atoms with E-state index < -0.39 is 0 Å². The molecule has 0 aliphatic heterocycles. The number of rotatable bonds is 3. The Morgan fingerprint density at radius 1 is 1.59 bits per heavy atom. The second-order valence-corrected chi connectivity index (χ2v) is 4.49. The maximum Gasteiger partial charge on any atom is 0.309 e. The minimum absolute atomic E-state index is 0.256. The number of esters is 1. The molecule has 0 bridgehead atoms. The molecule has 2 rings (SSSR count). The molecule has 0 amide bonds. The van der Waals surface area contributed by atoms with Crippen LogP contribution < -0.4 is 5.73 Å². The van der Waals surface area contributed by atoms with Gasteiger partial charge in [0.05, 0.1) is 23.7 Å². The fourth-order valence-electron chi connectivity index (χ4n) is 1.49. The van der Waals surface area contributed by atoms with Crippen LogP contribution in [0.15, 0.2) is 24.3 Å². The maximum absolute atomic E-state index is 11.0. The predicted molar refractivity (Wildman–Crippen MR) is 69.7 cm³/mol. The topological polar surface area (TPSA) is 65.2 Å². The monoisotopic (exact) mass is 248 g/mol. The minimum Gasteiger partial charge on any atom is -0.469 e. The number of benzene rings is 1. The smallest absolute Gasteiger partial charge is 0.309 e. The number of nitrogens with zero attached hydrogens (tertiary/aromatic N) is 1. The van der Waals surface area contributed by atoms with E-state index >= 15 is 0 Å². The fourth-order valence-corrected chi connectivity index (χ4v) is 2.26. The van der Waals surface area contributed by atoms with E-state index in [1.165, 1.54) is 18.4 Å². The number of hydrogen-bond donors (Lipinski definition) is 1. The van der Waals surface area contributed by atoms with Crippen LogP contribution in [0.2, 0.25) is 0 Å². The third-order valence-electron chi connectivity index (χ3n) is 2.28. The van der Waals surface area contributed by atoms with Gasteiger partial charge in [-0.3, -0.25) is 4.79 Å². The molecule has 0 atom stereocenters. The summed E-state index contributed by atoms with van der Waals surface area (Å²) in [7, 11) is 1.37. The average Bonchev–Trinajstić information content (AvgIpc) is 2.70. The molecule has 0 fully saturated rings. The normalized spacial score (nSPS) is 11.1. The van der Waals surface area contributed by atoms with Crippen molar-refractivity contribution in [2.45, 2.75) is 6.42 Å². The highest BCUT2D eigenvalue weighted by Crippen LogP contribution is 2.26. The van der Waals surface area contributed by atoms with Crippen molar-refractivity contribution in [2.24, 2.45) is 0 Å².